The third kappa shape index (κ3) is 2.16. The van der Waals surface area contributed by atoms with Gasteiger partial charge in [-0.25, -0.2) is 0 Å². The zero-order valence-corrected chi connectivity index (χ0v) is 11.4. The number of ketones is 1. The molecule has 98 valence electrons. The van der Waals surface area contributed by atoms with Crippen LogP contribution in [0.5, 0.6) is 0 Å². The molecule has 0 saturated heterocycles. The second kappa shape index (κ2) is 4.33. The molecule has 0 fully saturated rings. The molecule has 0 aromatic heterocycles. The summed E-state index contributed by atoms with van der Waals surface area (Å²) >= 11 is 1.23. The average molecular weight is 294 g/mol. The number of carbonyl (C=O) groups is 1. The van der Waals surface area contributed by atoms with Gasteiger partial charge >= 0.3 is 0 Å². The van der Waals surface area contributed by atoms with Gasteiger partial charge in [0.15, 0.2) is 5.78 Å². The van der Waals surface area contributed by atoms with Crippen molar-refractivity contribution in [3.05, 3.63) is 51.3 Å². The van der Waals surface area contributed by atoms with Crippen molar-refractivity contribution in [3.8, 4) is 0 Å². The van der Waals surface area contributed by atoms with Gasteiger partial charge in [-0.3, -0.25) is 9.35 Å². The van der Waals surface area contributed by atoms with E-state index in [0.29, 0.717) is 16.9 Å². The molecular weight excluding hydrogens is 284 g/mol. The van der Waals surface area contributed by atoms with Crippen molar-refractivity contribution < 1.29 is 17.8 Å². The third-order valence-electron chi connectivity index (χ3n) is 3.14. The Kier molecular flexibility index (Phi) is 2.88. The van der Waals surface area contributed by atoms with Gasteiger partial charge in [-0.1, -0.05) is 36.0 Å². The van der Waals surface area contributed by atoms with Crippen molar-refractivity contribution in [2.75, 3.05) is 0 Å². The van der Waals surface area contributed by atoms with Crippen LogP contribution in [0.15, 0.2) is 50.6 Å². The Morgan fingerprint density at radius 1 is 1.21 bits per heavy atom. The second-order valence-electron chi connectivity index (χ2n) is 4.36. The van der Waals surface area contributed by atoms with Crippen LogP contribution in [0.3, 0.4) is 0 Å². The summed E-state index contributed by atoms with van der Waals surface area (Å²) < 4.78 is 32.0. The minimum atomic E-state index is -4.29. The lowest BCUT2D eigenvalue weighted by atomic mass is 9.95. The predicted molar refractivity (Wildman–Crippen MR) is 72.3 cm³/mol. The van der Waals surface area contributed by atoms with Gasteiger partial charge in [0.25, 0.3) is 10.1 Å². The first-order chi connectivity index (χ1) is 8.97. The first-order valence-electron chi connectivity index (χ1n) is 5.67. The minimum Gasteiger partial charge on any atom is -0.294 e. The summed E-state index contributed by atoms with van der Waals surface area (Å²) in [5, 5.41) is 0. The lowest BCUT2D eigenvalue weighted by Crippen LogP contribution is -2.19. The zero-order valence-electron chi connectivity index (χ0n) is 9.79. The molecule has 0 spiro atoms. The van der Waals surface area contributed by atoms with Crippen molar-refractivity contribution in [1.82, 2.24) is 0 Å². The number of rotatable bonds is 1. The maximum atomic E-state index is 11.9. The van der Waals surface area contributed by atoms with Gasteiger partial charge in [-0.2, -0.15) is 8.42 Å². The van der Waals surface area contributed by atoms with E-state index < -0.39 is 10.1 Å². The van der Waals surface area contributed by atoms with Crippen molar-refractivity contribution in [2.45, 2.75) is 17.7 Å². The highest BCUT2D eigenvalue weighted by molar-refractivity contribution is 8.05. The summed E-state index contributed by atoms with van der Waals surface area (Å²) in [6, 6.07) is 7.55. The number of Topliss-reactive ketones (excluding diaryl/α,β-unsaturated/α-hetero) is 1. The van der Waals surface area contributed by atoms with E-state index in [1.807, 2.05) is 24.3 Å². The van der Waals surface area contributed by atoms with Gasteiger partial charge in [-0.15, -0.1) is 0 Å². The Morgan fingerprint density at radius 3 is 2.68 bits per heavy atom. The molecule has 0 amide bonds. The molecule has 6 heteroatoms. The largest absolute Gasteiger partial charge is 0.295 e. The first kappa shape index (κ1) is 12.7. The highest BCUT2D eigenvalue weighted by atomic mass is 32.2. The standard InChI is InChI=1S/C13H10O4S2/c14-10-5-6-12(19(15,16)17)13-9(10)7-8-3-1-2-4-11(8)18-13/h1-4,6H,5,7H2,(H,15,16,17). The van der Waals surface area contributed by atoms with Crippen LogP contribution in [-0.4, -0.2) is 18.8 Å². The molecule has 3 rings (SSSR count). The summed E-state index contributed by atoms with van der Waals surface area (Å²) in [6.07, 6.45) is 1.73. The van der Waals surface area contributed by atoms with Crippen LogP contribution in [0, 0.1) is 0 Å². The number of thioether (sulfide) groups is 1. The molecule has 1 aliphatic heterocycles. The molecule has 4 nitrogen and oxygen atoms in total. The number of carbonyl (C=O) groups excluding carboxylic acids is 1. The van der Waals surface area contributed by atoms with Crippen LogP contribution in [0.4, 0.5) is 0 Å². The normalized spacial score (nSPS) is 18.8. The van der Waals surface area contributed by atoms with Crippen LogP contribution >= 0.6 is 11.8 Å². The van der Waals surface area contributed by atoms with E-state index in [1.54, 1.807) is 0 Å². The number of benzene rings is 1. The van der Waals surface area contributed by atoms with Crippen LogP contribution < -0.4 is 0 Å². The summed E-state index contributed by atoms with van der Waals surface area (Å²) in [4.78, 5) is 13.1. The molecule has 0 bridgehead atoms. The second-order valence-corrected chi connectivity index (χ2v) is 6.81. The zero-order chi connectivity index (χ0) is 13.6. The smallest absolute Gasteiger partial charge is 0.294 e. The molecule has 1 aromatic carbocycles. The summed E-state index contributed by atoms with van der Waals surface area (Å²) in [7, 11) is -4.29. The minimum absolute atomic E-state index is 0.0245. The fourth-order valence-electron chi connectivity index (χ4n) is 2.24. The van der Waals surface area contributed by atoms with Crippen LogP contribution in [-0.2, 0) is 21.3 Å². The Morgan fingerprint density at radius 2 is 1.95 bits per heavy atom. The van der Waals surface area contributed by atoms with Gasteiger partial charge in [0, 0.05) is 28.2 Å². The molecule has 19 heavy (non-hydrogen) atoms. The molecule has 1 N–H and O–H groups in total. The lowest BCUT2D eigenvalue weighted by Gasteiger charge is -2.24. The van der Waals surface area contributed by atoms with Crippen molar-refractivity contribution >= 4 is 27.7 Å². The number of hydrogen-bond acceptors (Lipinski definition) is 4. The lowest BCUT2D eigenvalue weighted by molar-refractivity contribution is -0.115. The SMILES string of the molecule is O=C1CC=C(S(=O)(=O)O)C2=C1Cc1ccccc1S2. The van der Waals surface area contributed by atoms with Crippen molar-refractivity contribution in [1.29, 1.82) is 0 Å². The monoisotopic (exact) mass is 294 g/mol. The van der Waals surface area contributed by atoms with E-state index in [4.69, 9.17) is 0 Å². The maximum Gasteiger partial charge on any atom is 0.295 e. The molecular formula is C13H10O4S2. The maximum absolute atomic E-state index is 11.9. The van der Waals surface area contributed by atoms with Crippen LogP contribution in [0.25, 0.3) is 0 Å². The van der Waals surface area contributed by atoms with Crippen LogP contribution in [0.1, 0.15) is 12.0 Å². The summed E-state index contributed by atoms with van der Waals surface area (Å²) in [5.74, 6) is -0.0793. The topological polar surface area (TPSA) is 71.4 Å². The van der Waals surface area contributed by atoms with E-state index in [-0.39, 0.29) is 17.1 Å². The van der Waals surface area contributed by atoms with Crippen molar-refractivity contribution in [2.24, 2.45) is 0 Å². The third-order valence-corrected chi connectivity index (χ3v) is 5.48. The van der Waals surface area contributed by atoms with Gasteiger partial charge in [0.2, 0.25) is 0 Å². The molecule has 0 unspecified atom stereocenters. The Labute approximate surface area is 115 Å². The molecule has 1 aromatic rings. The van der Waals surface area contributed by atoms with Gasteiger partial charge in [-0.05, 0) is 11.6 Å². The molecule has 0 radical (unpaired) electrons. The van der Waals surface area contributed by atoms with Gasteiger partial charge < -0.3 is 0 Å². The highest BCUT2D eigenvalue weighted by Gasteiger charge is 2.32. The fourth-order valence-corrected chi connectivity index (χ4v) is 4.46. The van der Waals surface area contributed by atoms with Crippen molar-refractivity contribution in [3.63, 3.8) is 0 Å². The molecule has 2 aliphatic rings. The Hall–Kier alpha value is -1.37. The number of allylic oxidation sites excluding steroid dienone is 2. The van der Waals surface area contributed by atoms with E-state index in [1.165, 1.54) is 17.8 Å². The predicted octanol–water partition coefficient (Wildman–Crippen LogP) is 2.33. The van der Waals surface area contributed by atoms with E-state index in [9.17, 15) is 17.8 Å². The summed E-state index contributed by atoms with van der Waals surface area (Å²) in [5.41, 5.74) is 1.50. The number of hydrogen-bond donors (Lipinski definition) is 1. The quantitative estimate of drug-likeness (QED) is 0.805. The average Bonchev–Trinajstić information content (AvgIpc) is 2.36. The molecule has 1 aliphatic carbocycles. The number of fused-ring (bicyclic) bond motifs is 1. The van der Waals surface area contributed by atoms with Gasteiger partial charge in [0.1, 0.15) is 4.91 Å². The van der Waals surface area contributed by atoms with E-state index in [0.717, 1.165) is 10.5 Å². The Bertz CT molecular complexity index is 742. The molecule has 0 saturated carbocycles. The fraction of sp³-hybridized carbons (Fsp3) is 0.154. The molecule has 0 atom stereocenters. The Balaban J connectivity index is 2.15. The van der Waals surface area contributed by atoms with Gasteiger partial charge in [0.05, 0.1) is 0 Å². The first-order valence-corrected chi connectivity index (χ1v) is 7.92. The summed E-state index contributed by atoms with van der Waals surface area (Å²) in [6.45, 7) is 0. The van der Waals surface area contributed by atoms with Crippen LogP contribution in [0.2, 0.25) is 0 Å². The van der Waals surface area contributed by atoms with E-state index in [2.05, 4.69) is 0 Å². The van der Waals surface area contributed by atoms with E-state index >= 15 is 0 Å². The highest BCUT2D eigenvalue weighted by Crippen LogP contribution is 2.45. The molecule has 1 heterocycles.